The van der Waals surface area contributed by atoms with Gasteiger partial charge in [-0.3, -0.25) is 9.59 Å². The maximum Gasteiger partial charge on any atom is 0.252 e. The van der Waals surface area contributed by atoms with E-state index in [4.69, 9.17) is 9.47 Å². The van der Waals surface area contributed by atoms with Gasteiger partial charge in [0.1, 0.15) is 0 Å². The lowest BCUT2D eigenvalue weighted by Gasteiger charge is -2.24. The highest BCUT2D eigenvalue weighted by Gasteiger charge is 2.22. The molecule has 29 heavy (non-hydrogen) atoms. The highest BCUT2D eigenvalue weighted by molar-refractivity contribution is 6.15. The largest absolute Gasteiger partial charge is 0.490 e. The number of rotatable bonds is 8. The molecule has 1 aliphatic heterocycles. The minimum Gasteiger partial charge on any atom is -0.490 e. The minimum absolute atomic E-state index is 0.0782. The molecular weight excluding hydrogens is 368 g/mol. The average molecular weight is 396 g/mol. The SMILES string of the molecule is CCOc1ccc(C(=O)c2ccccc2C(=O)N[C@H]2CCCNC2)cc1OCC. The highest BCUT2D eigenvalue weighted by Crippen LogP contribution is 2.30. The predicted molar refractivity (Wildman–Crippen MR) is 112 cm³/mol. The molecule has 6 heteroatoms. The van der Waals surface area contributed by atoms with E-state index < -0.39 is 0 Å². The first kappa shape index (κ1) is 20.9. The molecule has 0 bridgehead atoms. The number of benzene rings is 2. The monoisotopic (exact) mass is 396 g/mol. The summed E-state index contributed by atoms with van der Waals surface area (Å²) in [7, 11) is 0. The van der Waals surface area contributed by atoms with Gasteiger partial charge >= 0.3 is 0 Å². The molecule has 2 aromatic rings. The van der Waals surface area contributed by atoms with Crippen molar-refractivity contribution in [1.29, 1.82) is 0 Å². The zero-order chi connectivity index (χ0) is 20.6. The van der Waals surface area contributed by atoms with Crippen molar-refractivity contribution in [2.45, 2.75) is 32.7 Å². The van der Waals surface area contributed by atoms with Crippen LogP contribution in [0.25, 0.3) is 0 Å². The van der Waals surface area contributed by atoms with Crippen molar-refractivity contribution in [2.24, 2.45) is 0 Å². The Morgan fingerprint density at radius 1 is 1.03 bits per heavy atom. The molecule has 0 saturated carbocycles. The summed E-state index contributed by atoms with van der Waals surface area (Å²) >= 11 is 0. The molecule has 1 fully saturated rings. The van der Waals surface area contributed by atoms with Crippen LogP contribution in [0.4, 0.5) is 0 Å². The first-order chi connectivity index (χ1) is 14.1. The summed E-state index contributed by atoms with van der Waals surface area (Å²) in [6, 6.07) is 12.1. The first-order valence-electron chi connectivity index (χ1n) is 10.2. The van der Waals surface area contributed by atoms with Gasteiger partial charge in [0.05, 0.1) is 18.8 Å². The van der Waals surface area contributed by atoms with Crippen molar-refractivity contribution in [3.63, 3.8) is 0 Å². The van der Waals surface area contributed by atoms with Crippen molar-refractivity contribution >= 4 is 11.7 Å². The van der Waals surface area contributed by atoms with Gasteiger partial charge in [0.15, 0.2) is 17.3 Å². The van der Waals surface area contributed by atoms with Gasteiger partial charge in [-0.25, -0.2) is 0 Å². The molecule has 0 aliphatic carbocycles. The topological polar surface area (TPSA) is 76.7 Å². The van der Waals surface area contributed by atoms with E-state index in [0.717, 1.165) is 25.9 Å². The van der Waals surface area contributed by atoms with Crippen molar-refractivity contribution in [3.05, 3.63) is 59.2 Å². The van der Waals surface area contributed by atoms with Crippen LogP contribution in [-0.2, 0) is 0 Å². The van der Waals surface area contributed by atoms with Crippen molar-refractivity contribution < 1.29 is 19.1 Å². The highest BCUT2D eigenvalue weighted by atomic mass is 16.5. The van der Waals surface area contributed by atoms with E-state index in [-0.39, 0.29) is 17.7 Å². The maximum atomic E-state index is 13.2. The van der Waals surface area contributed by atoms with Gasteiger partial charge in [-0.1, -0.05) is 18.2 Å². The van der Waals surface area contributed by atoms with Crippen LogP contribution in [0.3, 0.4) is 0 Å². The van der Waals surface area contributed by atoms with Gasteiger partial charge in [-0.05, 0) is 57.5 Å². The van der Waals surface area contributed by atoms with Gasteiger partial charge in [-0.2, -0.15) is 0 Å². The number of ether oxygens (including phenoxy) is 2. The Bertz CT molecular complexity index is 860. The van der Waals surface area contributed by atoms with Gasteiger partial charge < -0.3 is 20.1 Å². The second-order valence-corrected chi connectivity index (χ2v) is 6.92. The molecule has 0 radical (unpaired) electrons. The molecule has 0 spiro atoms. The molecule has 2 N–H and O–H groups in total. The third-order valence-electron chi connectivity index (χ3n) is 4.85. The van der Waals surface area contributed by atoms with E-state index in [0.29, 0.717) is 41.4 Å². The molecule has 3 rings (SSSR count). The van der Waals surface area contributed by atoms with E-state index in [1.807, 2.05) is 13.8 Å². The number of piperidine rings is 1. The van der Waals surface area contributed by atoms with Crippen molar-refractivity contribution in [1.82, 2.24) is 10.6 Å². The fourth-order valence-electron chi connectivity index (χ4n) is 3.47. The average Bonchev–Trinajstić information content (AvgIpc) is 2.75. The normalized spacial score (nSPS) is 16.1. The molecule has 1 saturated heterocycles. The Labute approximate surface area is 171 Å². The minimum atomic E-state index is -0.224. The lowest BCUT2D eigenvalue weighted by Crippen LogP contribution is -2.45. The number of ketones is 1. The smallest absolute Gasteiger partial charge is 0.252 e. The zero-order valence-corrected chi connectivity index (χ0v) is 17.0. The maximum absolute atomic E-state index is 13.2. The van der Waals surface area contributed by atoms with E-state index in [2.05, 4.69) is 10.6 Å². The van der Waals surface area contributed by atoms with E-state index in [1.54, 1.807) is 42.5 Å². The summed E-state index contributed by atoms with van der Waals surface area (Å²) in [6.45, 7) is 6.47. The third-order valence-corrected chi connectivity index (χ3v) is 4.85. The summed E-state index contributed by atoms with van der Waals surface area (Å²) < 4.78 is 11.2. The molecule has 0 unspecified atom stereocenters. The summed E-state index contributed by atoms with van der Waals surface area (Å²) in [5.41, 5.74) is 1.21. The molecule has 2 aromatic carbocycles. The van der Waals surface area contributed by atoms with Crippen LogP contribution in [0.2, 0.25) is 0 Å². The van der Waals surface area contributed by atoms with Crippen molar-refractivity contribution in [2.75, 3.05) is 26.3 Å². The molecule has 1 heterocycles. The van der Waals surface area contributed by atoms with Crippen LogP contribution in [0.5, 0.6) is 11.5 Å². The Morgan fingerprint density at radius 3 is 2.45 bits per heavy atom. The van der Waals surface area contributed by atoms with Gasteiger partial charge in [0, 0.05) is 23.7 Å². The number of carbonyl (C=O) groups excluding carboxylic acids is 2. The second kappa shape index (κ2) is 10.1. The molecule has 1 aliphatic rings. The summed E-state index contributed by atoms with van der Waals surface area (Å²) in [6.07, 6.45) is 1.96. The number of nitrogens with one attached hydrogen (secondary N) is 2. The quantitative estimate of drug-likeness (QED) is 0.670. The Morgan fingerprint density at radius 2 is 1.76 bits per heavy atom. The Balaban J connectivity index is 1.86. The van der Waals surface area contributed by atoms with E-state index in [9.17, 15) is 9.59 Å². The first-order valence-corrected chi connectivity index (χ1v) is 10.2. The predicted octanol–water partition coefficient (Wildman–Crippen LogP) is 3.20. The molecule has 6 nitrogen and oxygen atoms in total. The third kappa shape index (κ3) is 5.15. The molecular formula is C23H28N2O4. The van der Waals surface area contributed by atoms with E-state index >= 15 is 0 Å². The van der Waals surface area contributed by atoms with E-state index in [1.165, 1.54) is 0 Å². The van der Waals surface area contributed by atoms with Crippen LogP contribution in [-0.4, -0.2) is 44.0 Å². The lowest BCUT2D eigenvalue weighted by molar-refractivity contribution is 0.0921. The fraction of sp³-hybridized carbons (Fsp3) is 0.391. The Kier molecular flexibility index (Phi) is 7.25. The molecule has 1 atom stereocenters. The van der Waals surface area contributed by atoms with Crippen LogP contribution in [0, 0.1) is 0 Å². The zero-order valence-electron chi connectivity index (χ0n) is 17.0. The second-order valence-electron chi connectivity index (χ2n) is 6.92. The van der Waals surface area contributed by atoms with Gasteiger partial charge in [-0.15, -0.1) is 0 Å². The molecule has 154 valence electrons. The number of hydrogen-bond donors (Lipinski definition) is 2. The van der Waals surface area contributed by atoms with Crippen LogP contribution >= 0.6 is 0 Å². The Hall–Kier alpha value is -2.86. The van der Waals surface area contributed by atoms with Crippen LogP contribution in [0.1, 0.15) is 53.0 Å². The standard InChI is InChI=1S/C23H28N2O4/c1-3-28-20-12-11-16(14-21(20)29-4-2)22(26)18-9-5-6-10-19(18)23(27)25-17-8-7-13-24-15-17/h5-6,9-12,14,17,24H,3-4,7-8,13,15H2,1-2H3,(H,25,27)/t17-/m0/s1. The molecule has 0 aromatic heterocycles. The van der Waals surface area contributed by atoms with Crippen LogP contribution in [0.15, 0.2) is 42.5 Å². The summed E-state index contributed by atoms with van der Waals surface area (Å²) in [5.74, 6) is 0.678. The fourth-order valence-corrected chi connectivity index (χ4v) is 3.47. The summed E-state index contributed by atoms with van der Waals surface area (Å²) in [5, 5.41) is 6.32. The number of amides is 1. The number of carbonyl (C=O) groups is 2. The van der Waals surface area contributed by atoms with Crippen molar-refractivity contribution in [3.8, 4) is 11.5 Å². The van der Waals surface area contributed by atoms with Crippen LogP contribution < -0.4 is 20.1 Å². The summed E-state index contributed by atoms with van der Waals surface area (Å²) in [4.78, 5) is 26.0. The lowest BCUT2D eigenvalue weighted by atomic mass is 9.97. The van der Waals surface area contributed by atoms with Gasteiger partial charge in [0.25, 0.3) is 5.91 Å². The number of hydrogen-bond acceptors (Lipinski definition) is 5. The molecule has 1 amide bonds. The van der Waals surface area contributed by atoms with Gasteiger partial charge in [0.2, 0.25) is 0 Å².